The van der Waals surface area contributed by atoms with Crippen molar-refractivity contribution in [2.45, 2.75) is 38.8 Å². The highest BCUT2D eigenvalue weighted by Gasteiger charge is 2.18. The van der Waals surface area contributed by atoms with Gasteiger partial charge in [0.25, 0.3) is 5.91 Å². The van der Waals surface area contributed by atoms with Crippen molar-refractivity contribution in [1.29, 1.82) is 0 Å². The lowest BCUT2D eigenvalue weighted by Gasteiger charge is -2.14. The zero-order chi connectivity index (χ0) is 19.2. The molecule has 2 N–H and O–H groups in total. The fourth-order valence-electron chi connectivity index (χ4n) is 3.00. The Hall–Kier alpha value is -2.45. The first-order chi connectivity index (χ1) is 13.0. The molecule has 1 saturated heterocycles. The molecule has 2 amide bonds. The SMILES string of the molecule is Cc1csc(=O)n1CCC(=O)Nc1ccccc1C(=O)NCC1CCCO1. The van der Waals surface area contributed by atoms with Crippen LogP contribution < -0.4 is 15.5 Å². The van der Waals surface area contributed by atoms with E-state index in [9.17, 15) is 14.4 Å². The minimum atomic E-state index is -0.244. The molecule has 1 aromatic carbocycles. The quantitative estimate of drug-likeness (QED) is 0.759. The fourth-order valence-corrected chi connectivity index (χ4v) is 3.76. The summed E-state index contributed by atoms with van der Waals surface area (Å²) in [6.07, 6.45) is 2.17. The Morgan fingerprint density at radius 3 is 2.85 bits per heavy atom. The fraction of sp³-hybridized carbons (Fsp3) is 0.421. The summed E-state index contributed by atoms with van der Waals surface area (Å²) in [5.74, 6) is -0.488. The first kappa shape index (κ1) is 19.3. The summed E-state index contributed by atoms with van der Waals surface area (Å²) < 4.78 is 7.08. The second-order valence-corrected chi connectivity index (χ2v) is 7.30. The van der Waals surface area contributed by atoms with Crippen LogP contribution in [0.1, 0.15) is 35.3 Å². The van der Waals surface area contributed by atoms with Gasteiger partial charge < -0.3 is 19.9 Å². The third kappa shape index (κ3) is 5.05. The highest BCUT2D eigenvalue weighted by molar-refractivity contribution is 7.07. The van der Waals surface area contributed by atoms with Crippen LogP contribution in [-0.4, -0.2) is 35.6 Å². The molecule has 0 aliphatic carbocycles. The maximum Gasteiger partial charge on any atom is 0.307 e. The Morgan fingerprint density at radius 1 is 1.33 bits per heavy atom. The summed E-state index contributed by atoms with van der Waals surface area (Å²) in [5.41, 5.74) is 1.71. The summed E-state index contributed by atoms with van der Waals surface area (Å²) in [6, 6.07) is 6.89. The molecule has 3 rings (SSSR count). The molecule has 0 saturated carbocycles. The highest BCUT2D eigenvalue weighted by Crippen LogP contribution is 2.16. The van der Waals surface area contributed by atoms with E-state index < -0.39 is 0 Å². The maximum absolute atomic E-state index is 12.5. The van der Waals surface area contributed by atoms with Crippen molar-refractivity contribution in [1.82, 2.24) is 9.88 Å². The van der Waals surface area contributed by atoms with E-state index in [1.165, 1.54) is 0 Å². The van der Waals surface area contributed by atoms with E-state index in [0.717, 1.165) is 36.5 Å². The van der Waals surface area contributed by atoms with E-state index in [1.807, 2.05) is 6.92 Å². The third-order valence-electron chi connectivity index (χ3n) is 4.50. The Balaban J connectivity index is 1.58. The predicted octanol–water partition coefficient (Wildman–Crippen LogP) is 2.16. The molecule has 2 heterocycles. The summed E-state index contributed by atoms with van der Waals surface area (Å²) in [7, 11) is 0. The van der Waals surface area contributed by atoms with Gasteiger partial charge in [0.05, 0.1) is 17.4 Å². The largest absolute Gasteiger partial charge is 0.376 e. The Labute approximate surface area is 161 Å². The van der Waals surface area contributed by atoms with Crippen LogP contribution in [0.2, 0.25) is 0 Å². The van der Waals surface area contributed by atoms with E-state index in [1.54, 1.807) is 34.2 Å². The minimum absolute atomic E-state index is 0.0582. The number of nitrogens with one attached hydrogen (secondary N) is 2. The number of nitrogens with zero attached hydrogens (tertiary/aromatic N) is 1. The lowest BCUT2D eigenvalue weighted by Crippen LogP contribution is -2.32. The van der Waals surface area contributed by atoms with Gasteiger partial charge in [-0.1, -0.05) is 23.5 Å². The van der Waals surface area contributed by atoms with Crippen LogP contribution in [0.5, 0.6) is 0 Å². The molecule has 1 aliphatic rings. The first-order valence-corrected chi connectivity index (χ1v) is 9.86. The number of thiazole rings is 1. The number of carbonyl (C=O) groups excluding carboxylic acids is 2. The number of carbonyl (C=O) groups is 2. The number of rotatable bonds is 7. The molecular weight excluding hydrogens is 366 g/mol. The molecule has 0 bridgehead atoms. The molecular formula is C19H23N3O4S. The zero-order valence-corrected chi connectivity index (χ0v) is 16.0. The monoisotopic (exact) mass is 389 g/mol. The number of aryl methyl sites for hydroxylation is 1. The molecule has 1 unspecified atom stereocenters. The highest BCUT2D eigenvalue weighted by atomic mass is 32.1. The molecule has 1 atom stereocenters. The number of hydrogen-bond acceptors (Lipinski definition) is 5. The normalized spacial score (nSPS) is 16.3. The number of hydrogen-bond donors (Lipinski definition) is 2. The maximum atomic E-state index is 12.5. The number of aromatic nitrogens is 1. The van der Waals surface area contributed by atoms with Crippen molar-refractivity contribution in [2.24, 2.45) is 0 Å². The van der Waals surface area contributed by atoms with Gasteiger partial charge in [0, 0.05) is 37.2 Å². The van der Waals surface area contributed by atoms with Gasteiger partial charge in [-0.3, -0.25) is 14.4 Å². The van der Waals surface area contributed by atoms with E-state index in [2.05, 4.69) is 10.6 Å². The molecule has 8 heteroatoms. The molecule has 144 valence electrons. The average molecular weight is 389 g/mol. The predicted molar refractivity (Wildman–Crippen MR) is 104 cm³/mol. The molecule has 27 heavy (non-hydrogen) atoms. The van der Waals surface area contributed by atoms with Crippen molar-refractivity contribution >= 4 is 28.8 Å². The topological polar surface area (TPSA) is 89.4 Å². The van der Waals surface area contributed by atoms with Crippen molar-refractivity contribution in [3.8, 4) is 0 Å². The summed E-state index contributed by atoms with van der Waals surface area (Å²) in [5, 5.41) is 7.41. The van der Waals surface area contributed by atoms with Crippen LogP contribution in [0, 0.1) is 6.92 Å². The van der Waals surface area contributed by atoms with Crippen LogP contribution >= 0.6 is 11.3 Å². The van der Waals surface area contributed by atoms with Gasteiger partial charge in [-0.2, -0.15) is 0 Å². The van der Waals surface area contributed by atoms with Gasteiger partial charge in [0.1, 0.15) is 0 Å². The van der Waals surface area contributed by atoms with Crippen molar-refractivity contribution < 1.29 is 14.3 Å². The third-order valence-corrected chi connectivity index (χ3v) is 5.38. The minimum Gasteiger partial charge on any atom is -0.376 e. The van der Waals surface area contributed by atoms with E-state index in [-0.39, 0.29) is 29.2 Å². The molecule has 1 aliphatic heterocycles. The number of amides is 2. The number of ether oxygens (including phenoxy) is 1. The first-order valence-electron chi connectivity index (χ1n) is 8.98. The van der Waals surface area contributed by atoms with Crippen molar-refractivity contribution in [3.63, 3.8) is 0 Å². The number of benzene rings is 1. The molecule has 2 aromatic rings. The average Bonchev–Trinajstić information content (AvgIpc) is 3.29. The molecule has 1 fully saturated rings. The van der Waals surface area contributed by atoms with Crippen molar-refractivity contribution in [2.75, 3.05) is 18.5 Å². The van der Waals surface area contributed by atoms with Gasteiger partial charge in [0.15, 0.2) is 0 Å². The smallest absolute Gasteiger partial charge is 0.307 e. The van der Waals surface area contributed by atoms with Crippen LogP contribution in [-0.2, 0) is 16.1 Å². The summed E-state index contributed by atoms with van der Waals surface area (Å²) in [6.45, 7) is 3.35. The molecule has 1 aromatic heterocycles. The van der Waals surface area contributed by atoms with Gasteiger partial charge in [-0.15, -0.1) is 0 Å². The van der Waals surface area contributed by atoms with Crippen LogP contribution in [0.4, 0.5) is 5.69 Å². The molecule has 7 nitrogen and oxygen atoms in total. The van der Waals surface area contributed by atoms with Crippen LogP contribution in [0.25, 0.3) is 0 Å². The molecule has 0 radical (unpaired) electrons. The summed E-state index contributed by atoms with van der Waals surface area (Å²) >= 11 is 1.12. The van der Waals surface area contributed by atoms with Gasteiger partial charge in [-0.05, 0) is 31.9 Å². The summed E-state index contributed by atoms with van der Waals surface area (Å²) in [4.78, 5) is 36.4. The van der Waals surface area contributed by atoms with Gasteiger partial charge >= 0.3 is 4.87 Å². The second-order valence-electron chi connectivity index (χ2n) is 6.48. The van der Waals surface area contributed by atoms with Gasteiger partial charge in [-0.25, -0.2) is 0 Å². The van der Waals surface area contributed by atoms with Gasteiger partial charge in [0.2, 0.25) is 5.91 Å². The lowest BCUT2D eigenvalue weighted by molar-refractivity contribution is -0.116. The Bertz CT molecular complexity index is 868. The Kier molecular flexibility index (Phi) is 6.41. The second kappa shape index (κ2) is 8.96. The van der Waals surface area contributed by atoms with Crippen LogP contribution in [0.3, 0.4) is 0 Å². The van der Waals surface area contributed by atoms with E-state index in [4.69, 9.17) is 4.74 Å². The lowest BCUT2D eigenvalue weighted by atomic mass is 10.1. The Morgan fingerprint density at radius 2 is 2.15 bits per heavy atom. The van der Waals surface area contributed by atoms with E-state index >= 15 is 0 Å². The van der Waals surface area contributed by atoms with E-state index in [0.29, 0.717) is 24.3 Å². The number of anilines is 1. The van der Waals surface area contributed by atoms with Crippen LogP contribution in [0.15, 0.2) is 34.4 Å². The zero-order valence-electron chi connectivity index (χ0n) is 15.2. The molecule has 0 spiro atoms. The number of para-hydroxylation sites is 1. The standard InChI is InChI=1S/C19H23N3O4S/c1-13-12-27-19(25)22(13)9-8-17(23)21-16-7-3-2-6-15(16)18(24)20-11-14-5-4-10-26-14/h2-3,6-7,12,14H,4-5,8-11H2,1H3,(H,20,24)(H,21,23). The van der Waals surface area contributed by atoms with Crippen molar-refractivity contribution in [3.05, 3.63) is 50.6 Å².